The second-order valence-corrected chi connectivity index (χ2v) is 14.3. The third kappa shape index (κ3) is 4.78. The topological polar surface area (TPSA) is 110 Å². The van der Waals surface area contributed by atoms with Crippen molar-refractivity contribution in [2.45, 2.75) is 62.4 Å². The highest BCUT2D eigenvalue weighted by Crippen LogP contribution is 2.51. The van der Waals surface area contributed by atoms with E-state index in [4.69, 9.17) is 36.5 Å². The molecule has 4 aliphatic heterocycles. The minimum absolute atomic E-state index is 0.0379. The number of nitrogens with two attached hydrogens (primary N) is 1. The first-order valence-corrected chi connectivity index (χ1v) is 17.0. The molecule has 0 spiro atoms. The summed E-state index contributed by atoms with van der Waals surface area (Å²) < 4.78 is 65.2. The first-order valence-electron chi connectivity index (χ1n) is 15.8. The molecule has 14 heteroatoms. The maximum absolute atomic E-state index is 17.2. The minimum atomic E-state index is -0.938. The molecule has 9 nitrogen and oxygen atoms in total. The molecule has 8 rings (SSSR count). The Labute approximate surface area is 278 Å². The van der Waals surface area contributed by atoms with Gasteiger partial charge in [-0.15, -0.1) is 11.3 Å². The Morgan fingerprint density at radius 1 is 1.21 bits per heavy atom. The molecule has 3 fully saturated rings. The van der Waals surface area contributed by atoms with Gasteiger partial charge >= 0.3 is 6.01 Å². The second-order valence-electron chi connectivity index (χ2n) is 12.9. The van der Waals surface area contributed by atoms with Crippen molar-refractivity contribution in [1.82, 2.24) is 14.9 Å². The molecule has 3 saturated heterocycles. The molecule has 2 aromatic heterocycles. The SMILES string of the molecule is COC1CCC2COc3c(Cl)c(-c4ccc(F)c5sc(N)c(C#N)c45)c(F)c4nc(OCC56CCCN5C[C@H](F)C6)nc(c34)N2CC1. The summed E-state index contributed by atoms with van der Waals surface area (Å²) in [4.78, 5) is 13.7. The zero-order chi connectivity index (χ0) is 32.6. The molecule has 3 unspecified atom stereocenters. The van der Waals surface area contributed by atoms with Gasteiger partial charge in [-0.2, -0.15) is 15.2 Å². The number of halogens is 4. The van der Waals surface area contributed by atoms with Crippen molar-refractivity contribution in [2.24, 2.45) is 0 Å². The Balaban J connectivity index is 1.34. The molecule has 2 aromatic carbocycles. The van der Waals surface area contributed by atoms with Gasteiger partial charge in [0.1, 0.15) is 47.6 Å². The fourth-order valence-electron chi connectivity index (χ4n) is 8.05. The van der Waals surface area contributed by atoms with Crippen molar-refractivity contribution in [3.63, 3.8) is 0 Å². The lowest BCUT2D eigenvalue weighted by molar-refractivity contribution is 0.0917. The van der Waals surface area contributed by atoms with Crippen LogP contribution in [0.1, 0.15) is 44.1 Å². The van der Waals surface area contributed by atoms with Crippen LogP contribution >= 0.6 is 22.9 Å². The summed E-state index contributed by atoms with van der Waals surface area (Å²) in [5, 5.41) is 10.5. The number of thiophene rings is 1. The van der Waals surface area contributed by atoms with Crippen LogP contribution in [-0.4, -0.2) is 78.7 Å². The molecule has 0 saturated carbocycles. The van der Waals surface area contributed by atoms with E-state index >= 15 is 4.39 Å². The van der Waals surface area contributed by atoms with Crippen LogP contribution in [0.3, 0.4) is 0 Å². The van der Waals surface area contributed by atoms with Crippen molar-refractivity contribution < 1.29 is 27.4 Å². The van der Waals surface area contributed by atoms with E-state index in [1.807, 2.05) is 6.07 Å². The number of ether oxygens (including phenoxy) is 3. The van der Waals surface area contributed by atoms with Crippen LogP contribution in [0, 0.1) is 23.0 Å². The fraction of sp³-hybridized carbons (Fsp3) is 0.485. The summed E-state index contributed by atoms with van der Waals surface area (Å²) >= 11 is 7.97. The molecule has 6 heterocycles. The lowest BCUT2D eigenvalue weighted by Gasteiger charge is -2.31. The van der Waals surface area contributed by atoms with E-state index < -0.39 is 23.3 Å². The van der Waals surface area contributed by atoms with Crippen molar-refractivity contribution in [2.75, 3.05) is 50.6 Å². The van der Waals surface area contributed by atoms with Crippen molar-refractivity contribution >= 4 is 54.7 Å². The zero-order valence-corrected chi connectivity index (χ0v) is 27.2. The molecule has 246 valence electrons. The third-order valence-corrected chi connectivity index (χ3v) is 11.7. The summed E-state index contributed by atoms with van der Waals surface area (Å²) in [6, 6.07) is 4.48. The van der Waals surface area contributed by atoms with Crippen LogP contribution in [-0.2, 0) is 4.74 Å². The van der Waals surface area contributed by atoms with Crippen molar-refractivity contribution in [1.29, 1.82) is 5.26 Å². The molecule has 0 radical (unpaired) electrons. The quantitative estimate of drug-likeness (QED) is 0.248. The number of nitriles is 1. The second kappa shape index (κ2) is 11.5. The van der Waals surface area contributed by atoms with Gasteiger partial charge in [-0.3, -0.25) is 4.90 Å². The molecular formula is C33H32ClF3N6O3S. The molecule has 0 aliphatic carbocycles. The number of rotatable bonds is 5. The average molecular weight is 685 g/mol. The Morgan fingerprint density at radius 2 is 2.06 bits per heavy atom. The maximum Gasteiger partial charge on any atom is 0.319 e. The number of fused-ring (bicyclic) bond motifs is 4. The third-order valence-electron chi connectivity index (χ3n) is 10.4. The van der Waals surface area contributed by atoms with E-state index in [-0.39, 0.29) is 79.4 Å². The number of alkyl halides is 1. The minimum Gasteiger partial charge on any atom is -0.489 e. The number of nitrogens with zero attached hydrogens (tertiary/aromatic N) is 5. The highest BCUT2D eigenvalue weighted by Gasteiger charge is 2.49. The van der Waals surface area contributed by atoms with Gasteiger partial charge in [0.15, 0.2) is 11.6 Å². The van der Waals surface area contributed by atoms with Gasteiger partial charge < -0.3 is 24.8 Å². The summed E-state index contributed by atoms with van der Waals surface area (Å²) in [5.74, 6) is -0.740. The van der Waals surface area contributed by atoms with Gasteiger partial charge in [-0.05, 0) is 50.3 Å². The van der Waals surface area contributed by atoms with E-state index in [0.717, 1.165) is 50.0 Å². The van der Waals surface area contributed by atoms with Crippen LogP contribution in [0.2, 0.25) is 5.02 Å². The van der Waals surface area contributed by atoms with E-state index in [1.54, 1.807) is 7.11 Å². The summed E-state index contributed by atoms with van der Waals surface area (Å²) in [6.45, 7) is 2.14. The summed E-state index contributed by atoms with van der Waals surface area (Å²) in [5.41, 5.74) is 5.70. The molecule has 4 aliphatic rings. The highest BCUT2D eigenvalue weighted by atomic mass is 35.5. The number of benzene rings is 2. The lowest BCUT2D eigenvalue weighted by Crippen LogP contribution is -2.43. The number of anilines is 2. The Hall–Kier alpha value is -3.57. The normalized spacial score (nSPS) is 25.7. The maximum atomic E-state index is 17.2. The summed E-state index contributed by atoms with van der Waals surface area (Å²) in [6.07, 6.45) is 3.45. The molecular weight excluding hydrogens is 653 g/mol. The van der Waals surface area contributed by atoms with Gasteiger partial charge in [0.25, 0.3) is 0 Å². The van der Waals surface area contributed by atoms with Gasteiger partial charge in [-0.1, -0.05) is 17.7 Å². The van der Waals surface area contributed by atoms with E-state index in [9.17, 15) is 14.0 Å². The highest BCUT2D eigenvalue weighted by molar-refractivity contribution is 7.23. The van der Waals surface area contributed by atoms with Crippen LogP contribution in [0.4, 0.5) is 24.0 Å². The van der Waals surface area contributed by atoms with Crippen molar-refractivity contribution in [3.8, 4) is 29.0 Å². The molecule has 2 N–H and O–H groups in total. The first kappa shape index (κ1) is 30.7. The fourth-order valence-corrected chi connectivity index (χ4v) is 9.33. The van der Waals surface area contributed by atoms with Gasteiger partial charge in [-0.25, -0.2) is 13.2 Å². The lowest BCUT2D eigenvalue weighted by atomic mass is 9.95. The van der Waals surface area contributed by atoms with Crippen molar-refractivity contribution in [3.05, 3.63) is 34.4 Å². The largest absolute Gasteiger partial charge is 0.489 e. The van der Waals surface area contributed by atoms with E-state index in [2.05, 4.69) is 14.8 Å². The van der Waals surface area contributed by atoms with Gasteiger partial charge in [0, 0.05) is 37.6 Å². The average Bonchev–Trinajstić information content (AvgIpc) is 3.60. The van der Waals surface area contributed by atoms with Crippen LogP contribution in [0.5, 0.6) is 11.8 Å². The van der Waals surface area contributed by atoms with Gasteiger partial charge in [0.2, 0.25) is 0 Å². The van der Waals surface area contributed by atoms with Crippen LogP contribution < -0.4 is 20.1 Å². The molecule has 47 heavy (non-hydrogen) atoms. The molecule has 4 atom stereocenters. The zero-order valence-electron chi connectivity index (χ0n) is 25.6. The Bertz CT molecular complexity index is 1970. The number of nitrogen functional groups attached to an aromatic ring is 1. The number of hydrogen-bond donors (Lipinski definition) is 1. The molecule has 0 bridgehead atoms. The summed E-state index contributed by atoms with van der Waals surface area (Å²) in [7, 11) is 1.69. The predicted octanol–water partition coefficient (Wildman–Crippen LogP) is 6.62. The Morgan fingerprint density at radius 3 is 2.87 bits per heavy atom. The van der Waals surface area contributed by atoms with Crippen LogP contribution in [0.15, 0.2) is 12.1 Å². The monoisotopic (exact) mass is 684 g/mol. The Kier molecular flexibility index (Phi) is 7.55. The van der Waals surface area contributed by atoms with E-state index in [1.165, 1.54) is 12.1 Å². The predicted molar refractivity (Wildman–Crippen MR) is 174 cm³/mol. The number of aromatic nitrogens is 2. The number of methoxy groups -OCH3 is 1. The first-order chi connectivity index (χ1) is 22.7. The standard InChI is InChI=1S/C33H32ClF3N6O3S/c1-44-18-4-3-17-14-45-28-24-27(26(37)23(25(28)34)19-5-6-21(36)29-22(19)20(12-38)30(39)47-29)40-32(41-31(24)43(17)10-7-18)46-15-33-8-2-9-42(33)13-16(35)11-33/h5-6,16-18H,2-4,7-11,13-15,39H2,1H3/t16-,17?,18?,33?/m1/s1. The van der Waals surface area contributed by atoms with Gasteiger partial charge in [0.05, 0.1) is 38.4 Å². The van der Waals surface area contributed by atoms with Crippen LogP contribution in [0.25, 0.3) is 32.1 Å². The van der Waals surface area contributed by atoms with E-state index in [0.29, 0.717) is 30.7 Å². The molecule has 4 aromatic rings. The number of hydrogen-bond acceptors (Lipinski definition) is 10. The molecule has 0 amide bonds. The smallest absolute Gasteiger partial charge is 0.319 e.